The second kappa shape index (κ2) is 10.4. The predicted molar refractivity (Wildman–Crippen MR) is 87.8 cm³/mol. The van der Waals surface area contributed by atoms with Crippen molar-refractivity contribution in [2.24, 2.45) is 0 Å². The van der Waals surface area contributed by atoms with Gasteiger partial charge in [0.15, 0.2) is 8.68 Å². The Balaban J connectivity index is 2.29. The summed E-state index contributed by atoms with van der Waals surface area (Å²) in [6.07, 6.45) is 3.25. The van der Waals surface area contributed by atoms with Gasteiger partial charge in [0.1, 0.15) is 0 Å². The van der Waals surface area contributed by atoms with Crippen molar-refractivity contribution in [2.75, 3.05) is 24.6 Å². The zero-order chi connectivity index (χ0) is 15.5. The summed E-state index contributed by atoms with van der Waals surface area (Å²) in [4.78, 5) is 22.8. The van der Waals surface area contributed by atoms with Crippen molar-refractivity contribution >= 4 is 46.7 Å². The normalized spacial score (nSPS) is 9.90. The average Bonchev–Trinajstić information content (AvgIpc) is 2.94. The van der Waals surface area contributed by atoms with E-state index < -0.39 is 0 Å². The third-order valence-electron chi connectivity index (χ3n) is 1.93. The number of carbonyl (C=O) groups excluding carboxylic acids is 2. The minimum absolute atomic E-state index is 0.0758. The first-order valence-electron chi connectivity index (χ1n) is 6.00. The third kappa shape index (κ3) is 7.88. The summed E-state index contributed by atoms with van der Waals surface area (Å²) < 4.78 is 1.41. The number of amides is 2. The Morgan fingerprint density at radius 1 is 1.00 bits per heavy atom. The Hall–Kier alpha value is -1.32. The van der Waals surface area contributed by atoms with Crippen LogP contribution in [0.15, 0.2) is 34.0 Å². The quantitative estimate of drug-likeness (QED) is 0.492. The lowest BCUT2D eigenvalue weighted by molar-refractivity contribution is -0.119. The maximum Gasteiger partial charge on any atom is 0.230 e. The van der Waals surface area contributed by atoms with Crippen LogP contribution in [0.1, 0.15) is 0 Å². The highest BCUT2D eigenvalue weighted by Gasteiger charge is 2.09. The standard InChI is InChI=1S/C12H16N4O2S3/c1-3-5-13-9(17)7-19-11-15-16-12(21-11)20-8-10(18)14-6-4-2/h3-4H,1-2,5-8H2,(H,13,17)(H,14,18). The molecular weight excluding hydrogens is 328 g/mol. The molecule has 1 heterocycles. The number of thioether (sulfide) groups is 2. The number of rotatable bonds is 10. The van der Waals surface area contributed by atoms with Gasteiger partial charge in [-0.15, -0.1) is 23.4 Å². The van der Waals surface area contributed by atoms with Gasteiger partial charge in [-0.3, -0.25) is 9.59 Å². The maximum atomic E-state index is 11.4. The van der Waals surface area contributed by atoms with Gasteiger partial charge < -0.3 is 10.6 Å². The van der Waals surface area contributed by atoms with Crippen LogP contribution in [-0.4, -0.2) is 46.6 Å². The Kier molecular flexibility index (Phi) is 8.79. The lowest BCUT2D eigenvalue weighted by Gasteiger charge is -1.99. The fourth-order valence-corrected chi connectivity index (χ4v) is 3.72. The molecule has 0 aliphatic rings. The SMILES string of the molecule is C=CCNC(=O)CSc1nnc(SCC(=O)NCC=C)s1. The largest absolute Gasteiger partial charge is 0.352 e. The Labute approximate surface area is 135 Å². The smallest absolute Gasteiger partial charge is 0.230 e. The third-order valence-corrected chi connectivity index (χ3v) is 5.12. The second-order valence-electron chi connectivity index (χ2n) is 3.60. The molecule has 2 N–H and O–H groups in total. The van der Waals surface area contributed by atoms with E-state index >= 15 is 0 Å². The van der Waals surface area contributed by atoms with Gasteiger partial charge in [0.25, 0.3) is 0 Å². The molecule has 0 radical (unpaired) electrons. The molecule has 0 aliphatic carbocycles. The Morgan fingerprint density at radius 2 is 1.43 bits per heavy atom. The fourth-order valence-electron chi connectivity index (χ4n) is 1.04. The summed E-state index contributed by atoms with van der Waals surface area (Å²) in [5.41, 5.74) is 0. The summed E-state index contributed by atoms with van der Waals surface area (Å²) in [6, 6.07) is 0. The van der Waals surface area contributed by atoms with E-state index in [2.05, 4.69) is 34.0 Å². The highest BCUT2D eigenvalue weighted by molar-refractivity contribution is 8.03. The number of hydrogen-bond acceptors (Lipinski definition) is 7. The number of nitrogens with zero attached hydrogens (tertiary/aromatic N) is 2. The molecule has 0 unspecified atom stereocenters. The monoisotopic (exact) mass is 344 g/mol. The van der Waals surface area contributed by atoms with Gasteiger partial charge in [-0.25, -0.2) is 0 Å². The molecule has 0 saturated carbocycles. The van der Waals surface area contributed by atoms with Crippen molar-refractivity contribution in [2.45, 2.75) is 8.68 Å². The molecule has 0 atom stereocenters. The minimum Gasteiger partial charge on any atom is -0.352 e. The molecular formula is C12H16N4O2S3. The molecule has 21 heavy (non-hydrogen) atoms. The van der Waals surface area contributed by atoms with Crippen LogP contribution in [-0.2, 0) is 9.59 Å². The Morgan fingerprint density at radius 3 is 1.81 bits per heavy atom. The van der Waals surface area contributed by atoms with Gasteiger partial charge in [0, 0.05) is 13.1 Å². The van der Waals surface area contributed by atoms with Crippen LogP contribution in [0.3, 0.4) is 0 Å². The van der Waals surface area contributed by atoms with Crippen molar-refractivity contribution in [3.63, 3.8) is 0 Å². The van der Waals surface area contributed by atoms with Gasteiger partial charge in [-0.1, -0.05) is 47.0 Å². The van der Waals surface area contributed by atoms with E-state index in [-0.39, 0.29) is 23.3 Å². The van der Waals surface area contributed by atoms with E-state index in [0.29, 0.717) is 21.8 Å². The van der Waals surface area contributed by atoms with Crippen molar-refractivity contribution in [1.29, 1.82) is 0 Å². The van der Waals surface area contributed by atoms with Crippen LogP contribution in [0.25, 0.3) is 0 Å². The molecule has 0 fully saturated rings. The lowest BCUT2D eigenvalue weighted by Crippen LogP contribution is -2.24. The van der Waals surface area contributed by atoms with Crippen LogP contribution in [0, 0.1) is 0 Å². The summed E-state index contributed by atoms with van der Waals surface area (Å²) in [5.74, 6) is 0.418. The molecule has 0 saturated heterocycles. The van der Waals surface area contributed by atoms with Crippen molar-refractivity contribution < 1.29 is 9.59 Å². The lowest BCUT2D eigenvalue weighted by atomic mass is 10.6. The van der Waals surface area contributed by atoms with Gasteiger partial charge >= 0.3 is 0 Å². The highest BCUT2D eigenvalue weighted by Crippen LogP contribution is 2.28. The molecule has 1 aromatic rings. The summed E-state index contributed by atoms with van der Waals surface area (Å²) in [6.45, 7) is 7.96. The molecule has 9 heteroatoms. The number of nitrogens with one attached hydrogen (secondary N) is 2. The van der Waals surface area contributed by atoms with E-state index in [9.17, 15) is 9.59 Å². The van der Waals surface area contributed by atoms with Crippen LogP contribution in [0.4, 0.5) is 0 Å². The number of carbonyl (C=O) groups is 2. The van der Waals surface area contributed by atoms with Crippen LogP contribution in [0.5, 0.6) is 0 Å². The van der Waals surface area contributed by atoms with E-state index in [1.165, 1.54) is 34.9 Å². The van der Waals surface area contributed by atoms with Crippen molar-refractivity contribution in [1.82, 2.24) is 20.8 Å². The topological polar surface area (TPSA) is 84.0 Å². The fraction of sp³-hybridized carbons (Fsp3) is 0.333. The van der Waals surface area contributed by atoms with Gasteiger partial charge in [0.05, 0.1) is 11.5 Å². The van der Waals surface area contributed by atoms with Gasteiger partial charge in [-0.05, 0) is 0 Å². The minimum atomic E-state index is -0.0758. The predicted octanol–water partition coefficient (Wildman–Crippen LogP) is 1.33. The van der Waals surface area contributed by atoms with E-state index in [1.54, 1.807) is 12.2 Å². The molecule has 114 valence electrons. The summed E-state index contributed by atoms with van der Waals surface area (Å²) >= 11 is 4.01. The van der Waals surface area contributed by atoms with E-state index in [0.717, 1.165) is 0 Å². The van der Waals surface area contributed by atoms with E-state index in [1.807, 2.05) is 0 Å². The molecule has 0 spiro atoms. The molecule has 0 aromatic carbocycles. The maximum absolute atomic E-state index is 11.4. The molecule has 6 nitrogen and oxygen atoms in total. The summed E-state index contributed by atoms with van der Waals surface area (Å²) in [7, 11) is 0. The van der Waals surface area contributed by atoms with Crippen molar-refractivity contribution in [3.8, 4) is 0 Å². The molecule has 1 rings (SSSR count). The zero-order valence-electron chi connectivity index (χ0n) is 11.3. The van der Waals surface area contributed by atoms with Crippen LogP contribution < -0.4 is 10.6 Å². The van der Waals surface area contributed by atoms with Crippen LogP contribution in [0.2, 0.25) is 0 Å². The first kappa shape index (κ1) is 17.7. The van der Waals surface area contributed by atoms with Gasteiger partial charge in [0.2, 0.25) is 11.8 Å². The number of aromatic nitrogens is 2. The Bertz CT molecular complexity index is 462. The second-order valence-corrected chi connectivity index (χ2v) is 7.02. The first-order valence-corrected chi connectivity index (χ1v) is 8.78. The van der Waals surface area contributed by atoms with Gasteiger partial charge in [-0.2, -0.15) is 0 Å². The first-order chi connectivity index (χ1) is 10.2. The molecule has 0 bridgehead atoms. The van der Waals surface area contributed by atoms with Crippen molar-refractivity contribution in [3.05, 3.63) is 25.3 Å². The zero-order valence-corrected chi connectivity index (χ0v) is 13.8. The average molecular weight is 344 g/mol. The number of hydrogen-bond donors (Lipinski definition) is 2. The highest BCUT2D eigenvalue weighted by atomic mass is 32.2. The molecule has 0 aliphatic heterocycles. The molecule has 2 amide bonds. The molecule has 1 aromatic heterocycles. The van der Waals surface area contributed by atoms with Crippen LogP contribution >= 0.6 is 34.9 Å². The summed E-state index contributed by atoms with van der Waals surface area (Å²) in [5, 5.41) is 13.3. The van der Waals surface area contributed by atoms with E-state index in [4.69, 9.17) is 0 Å².